The Morgan fingerprint density at radius 3 is 3.00 bits per heavy atom. The molecule has 1 N–H and O–H groups in total. The van der Waals surface area contributed by atoms with Gasteiger partial charge in [-0.05, 0) is 32.7 Å². The first-order valence-electron chi connectivity index (χ1n) is 7.43. The van der Waals surface area contributed by atoms with Crippen LogP contribution in [-0.4, -0.2) is 31.7 Å². The summed E-state index contributed by atoms with van der Waals surface area (Å²) in [6.45, 7) is 8.47. The molecular formula is C17H18N6. The topological polar surface area (TPSA) is 71.8 Å². The molecule has 0 aromatic carbocycles. The minimum absolute atomic E-state index is 0.718. The Balaban J connectivity index is 2.11. The van der Waals surface area contributed by atoms with Gasteiger partial charge in [0.2, 0.25) is 0 Å². The number of aromatic nitrogens is 5. The molecule has 3 rings (SSSR count). The van der Waals surface area contributed by atoms with Gasteiger partial charge in [-0.25, -0.2) is 0 Å². The lowest BCUT2D eigenvalue weighted by Crippen LogP contribution is -1.92. The predicted octanol–water partition coefficient (Wildman–Crippen LogP) is 3.46. The second kappa shape index (κ2) is 6.39. The molecule has 0 aliphatic carbocycles. The van der Waals surface area contributed by atoms with Gasteiger partial charge in [0, 0.05) is 23.7 Å². The number of allylic oxidation sites excluding steroid dienone is 3. The lowest BCUT2D eigenvalue weighted by Gasteiger charge is -1.99. The molecule has 0 spiro atoms. The molecule has 0 atom stereocenters. The quantitative estimate of drug-likeness (QED) is 0.579. The number of fused-ring (bicyclic) bond motifs is 1. The van der Waals surface area contributed by atoms with Crippen molar-refractivity contribution in [3.8, 4) is 11.3 Å². The number of aryl methyl sites for hydroxylation is 1. The molecule has 0 unspecified atom stereocenters. The third-order valence-electron chi connectivity index (χ3n) is 3.56. The summed E-state index contributed by atoms with van der Waals surface area (Å²) in [7, 11) is 0. The minimum atomic E-state index is 0.718. The minimum Gasteiger partial charge on any atom is -0.276 e. The Morgan fingerprint density at radius 1 is 1.43 bits per heavy atom. The maximum absolute atomic E-state index is 4.48. The summed E-state index contributed by atoms with van der Waals surface area (Å²) < 4.78 is 1.88. The van der Waals surface area contributed by atoms with Crippen LogP contribution in [0.15, 0.2) is 47.9 Å². The predicted molar refractivity (Wildman–Crippen MR) is 93.1 cm³/mol. The standard InChI is InChI=1S/C17H18N6/c1-4-6-7-14(18-3)17-13-8-15(19-10-16(13)21-22-17)12-9-20-23(5-2)11-12/h4,6-11H,3,5H2,1-2H3,(H,21,22)/b6-4-,14-7-. The average Bonchev–Trinajstić information content (AvgIpc) is 3.22. The number of hydrogen-bond acceptors (Lipinski definition) is 4. The van der Waals surface area contributed by atoms with Gasteiger partial charge in [0.1, 0.15) is 5.69 Å². The normalized spacial score (nSPS) is 12.3. The molecule has 0 fully saturated rings. The Kier molecular flexibility index (Phi) is 4.14. The highest BCUT2D eigenvalue weighted by Gasteiger charge is 2.12. The molecule has 116 valence electrons. The molecule has 6 nitrogen and oxygen atoms in total. The second-order valence-electron chi connectivity index (χ2n) is 5.01. The van der Waals surface area contributed by atoms with E-state index < -0.39 is 0 Å². The number of aliphatic imine (C=N–C) groups is 1. The van der Waals surface area contributed by atoms with Crippen molar-refractivity contribution in [2.75, 3.05) is 0 Å². The van der Waals surface area contributed by atoms with Crippen LogP contribution >= 0.6 is 0 Å². The number of H-pyrrole nitrogens is 1. The van der Waals surface area contributed by atoms with E-state index in [-0.39, 0.29) is 0 Å². The van der Waals surface area contributed by atoms with Crippen molar-refractivity contribution >= 4 is 23.3 Å². The molecule has 3 aromatic rings. The monoisotopic (exact) mass is 306 g/mol. The van der Waals surface area contributed by atoms with Crippen molar-refractivity contribution < 1.29 is 0 Å². The summed E-state index contributed by atoms with van der Waals surface area (Å²) in [6, 6.07) is 2.00. The van der Waals surface area contributed by atoms with Gasteiger partial charge in [-0.2, -0.15) is 10.2 Å². The Hall–Kier alpha value is -3.02. The maximum Gasteiger partial charge on any atom is 0.118 e. The zero-order valence-corrected chi connectivity index (χ0v) is 13.2. The van der Waals surface area contributed by atoms with Crippen LogP contribution in [0.5, 0.6) is 0 Å². The molecule has 0 saturated heterocycles. The summed E-state index contributed by atoms with van der Waals surface area (Å²) in [5, 5.41) is 12.6. The van der Waals surface area contributed by atoms with Crippen LogP contribution in [0.3, 0.4) is 0 Å². The third-order valence-corrected chi connectivity index (χ3v) is 3.56. The summed E-state index contributed by atoms with van der Waals surface area (Å²) in [5.74, 6) is 0. The lowest BCUT2D eigenvalue weighted by molar-refractivity contribution is 0.660. The first-order valence-corrected chi connectivity index (χ1v) is 7.43. The Morgan fingerprint density at radius 2 is 2.30 bits per heavy atom. The third kappa shape index (κ3) is 2.83. The molecule has 0 aliphatic rings. The zero-order chi connectivity index (χ0) is 16.2. The number of hydrogen-bond donors (Lipinski definition) is 1. The van der Waals surface area contributed by atoms with E-state index in [9.17, 15) is 0 Å². The SMILES string of the molecule is C=N/C(=C\C=C/C)c1n[nH]c2cnc(-c3cnn(CC)c3)cc12. The van der Waals surface area contributed by atoms with Crippen molar-refractivity contribution in [3.63, 3.8) is 0 Å². The number of rotatable bonds is 5. The lowest BCUT2D eigenvalue weighted by atomic mass is 10.1. The van der Waals surface area contributed by atoms with Crippen LogP contribution in [-0.2, 0) is 6.54 Å². The summed E-state index contributed by atoms with van der Waals surface area (Å²) in [5.41, 5.74) is 4.18. The molecule has 0 radical (unpaired) electrons. The average molecular weight is 306 g/mol. The van der Waals surface area contributed by atoms with Crippen molar-refractivity contribution in [1.29, 1.82) is 0 Å². The molecule has 3 heterocycles. The molecule has 0 amide bonds. The molecule has 3 aromatic heterocycles. The molecule has 0 saturated carbocycles. The van der Waals surface area contributed by atoms with Gasteiger partial charge < -0.3 is 0 Å². The fourth-order valence-electron chi connectivity index (χ4n) is 2.33. The van der Waals surface area contributed by atoms with Crippen LogP contribution in [0, 0.1) is 0 Å². The van der Waals surface area contributed by atoms with E-state index >= 15 is 0 Å². The Bertz CT molecular complexity index is 897. The molecular weight excluding hydrogens is 288 g/mol. The second-order valence-corrected chi connectivity index (χ2v) is 5.01. The Labute approximate surface area is 134 Å². The highest BCUT2D eigenvalue weighted by molar-refractivity contribution is 5.92. The first-order chi connectivity index (χ1) is 11.3. The van der Waals surface area contributed by atoms with Crippen LogP contribution in [0.4, 0.5) is 0 Å². The summed E-state index contributed by atoms with van der Waals surface area (Å²) in [4.78, 5) is 8.56. The largest absolute Gasteiger partial charge is 0.276 e. The van der Waals surface area contributed by atoms with Gasteiger partial charge in [-0.15, -0.1) is 0 Å². The highest BCUT2D eigenvalue weighted by Crippen LogP contribution is 2.27. The van der Waals surface area contributed by atoms with Crippen LogP contribution < -0.4 is 0 Å². The van der Waals surface area contributed by atoms with Gasteiger partial charge >= 0.3 is 0 Å². The van der Waals surface area contributed by atoms with Crippen LogP contribution in [0.25, 0.3) is 27.9 Å². The zero-order valence-electron chi connectivity index (χ0n) is 13.2. The van der Waals surface area contributed by atoms with Crippen molar-refractivity contribution in [2.24, 2.45) is 4.99 Å². The van der Waals surface area contributed by atoms with E-state index in [1.807, 2.05) is 48.3 Å². The van der Waals surface area contributed by atoms with E-state index in [0.29, 0.717) is 0 Å². The fourth-order valence-corrected chi connectivity index (χ4v) is 2.33. The van der Waals surface area contributed by atoms with E-state index in [1.54, 1.807) is 6.20 Å². The number of nitrogens with one attached hydrogen (secondary N) is 1. The van der Waals surface area contributed by atoms with Crippen molar-refractivity contribution in [1.82, 2.24) is 25.0 Å². The van der Waals surface area contributed by atoms with Crippen LogP contribution in [0.2, 0.25) is 0 Å². The van der Waals surface area contributed by atoms with Gasteiger partial charge in [0.25, 0.3) is 0 Å². The van der Waals surface area contributed by atoms with Gasteiger partial charge in [-0.3, -0.25) is 19.8 Å². The highest BCUT2D eigenvalue weighted by atomic mass is 15.3. The number of pyridine rings is 1. The van der Waals surface area contributed by atoms with E-state index in [4.69, 9.17) is 0 Å². The fraction of sp³-hybridized carbons (Fsp3) is 0.176. The van der Waals surface area contributed by atoms with Gasteiger partial charge in [-0.1, -0.05) is 12.2 Å². The molecule has 0 aliphatic heterocycles. The van der Waals surface area contributed by atoms with Crippen molar-refractivity contribution in [3.05, 3.63) is 48.6 Å². The van der Waals surface area contributed by atoms with E-state index in [1.165, 1.54) is 0 Å². The van der Waals surface area contributed by atoms with Crippen molar-refractivity contribution in [2.45, 2.75) is 20.4 Å². The molecule has 23 heavy (non-hydrogen) atoms. The van der Waals surface area contributed by atoms with Crippen LogP contribution in [0.1, 0.15) is 19.5 Å². The first kappa shape index (κ1) is 14.9. The smallest absolute Gasteiger partial charge is 0.118 e. The van der Waals surface area contributed by atoms with E-state index in [2.05, 4.69) is 38.9 Å². The number of nitrogens with zero attached hydrogens (tertiary/aromatic N) is 5. The summed E-state index contributed by atoms with van der Waals surface area (Å²) in [6.07, 6.45) is 11.3. The van der Waals surface area contributed by atoms with Gasteiger partial charge in [0.05, 0.1) is 29.3 Å². The molecule has 0 bridgehead atoms. The number of aromatic amines is 1. The molecule has 6 heteroatoms. The maximum atomic E-state index is 4.48. The summed E-state index contributed by atoms with van der Waals surface area (Å²) >= 11 is 0. The van der Waals surface area contributed by atoms with Gasteiger partial charge in [0.15, 0.2) is 0 Å². The van der Waals surface area contributed by atoms with E-state index in [0.717, 1.165) is 40.1 Å².